The van der Waals surface area contributed by atoms with E-state index in [9.17, 15) is 13.2 Å². The number of hydrogen-bond acceptors (Lipinski definition) is 4. The summed E-state index contributed by atoms with van der Waals surface area (Å²) in [5, 5.41) is 3.26. The van der Waals surface area contributed by atoms with Crippen molar-refractivity contribution in [3.05, 3.63) is 59.1 Å². The van der Waals surface area contributed by atoms with E-state index in [1.165, 1.54) is 12.1 Å². The van der Waals surface area contributed by atoms with Gasteiger partial charge >= 0.3 is 0 Å². The van der Waals surface area contributed by atoms with E-state index in [-0.39, 0.29) is 23.5 Å². The summed E-state index contributed by atoms with van der Waals surface area (Å²) in [6, 6.07) is 12.5. The van der Waals surface area contributed by atoms with E-state index in [0.717, 1.165) is 12.8 Å². The van der Waals surface area contributed by atoms with Crippen LogP contribution in [0.3, 0.4) is 0 Å². The van der Waals surface area contributed by atoms with Crippen molar-refractivity contribution in [2.75, 3.05) is 18.5 Å². The van der Waals surface area contributed by atoms with E-state index < -0.39 is 10.0 Å². The number of carbonyl (C=O) groups excluding carboxylic acids is 1. The molecule has 1 aliphatic heterocycles. The molecule has 0 bridgehead atoms. The molecule has 1 atom stereocenters. The molecule has 1 aliphatic rings. The second-order valence-electron chi connectivity index (χ2n) is 5.97. The van der Waals surface area contributed by atoms with Crippen LogP contribution in [-0.2, 0) is 14.8 Å². The van der Waals surface area contributed by atoms with Gasteiger partial charge in [0.2, 0.25) is 10.0 Å². The number of sulfonamides is 1. The Hall–Kier alpha value is -1.93. The number of rotatable bonds is 6. The third-order valence-corrected chi connectivity index (χ3v) is 5.75. The van der Waals surface area contributed by atoms with Crippen molar-refractivity contribution >= 4 is 33.2 Å². The molecule has 8 heteroatoms. The molecule has 6 nitrogen and oxygen atoms in total. The Labute approximate surface area is 157 Å². The highest BCUT2D eigenvalue weighted by Gasteiger charge is 2.20. The van der Waals surface area contributed by atoms with Crippen LogP contribution in [0.1, 0.15) is 23.2 Å². The molecule has 1 heterocycles. The van der Waals surface area contributed by atoms with Gasteiger partial charge < -0.3 is 10.1 Å². The van der Waals surface area contributed by atoms with Crippen LogP contribution in [0.5, 0.6) is 0 Å². The highest BCUT2D eigenvalue weighted by Crippen LogP contribution is 2.17. The molecule has 3 rings (SSSR count). The molecule has 0 aromatic heterocycles. The number of halogens is 1. The first kappa shape index (κ1) is 18.8. The molecule has 0 radical (unpaired) electrons. The average molecular weight is 395 g/mol. The quantitative estimate of drug-likeness (QED) is 0.788. The Bertz CT molecular complexity index is 861. The fourth-order valence-electron chi connectivity index (χ4n) is 2.61. The fourth-order valence-corrected chi connectivity index (χ4v) is 3.81. The number of benzene rings is 2. The minimum Gasteiger partial charge on any atom is -0.377 e. The monoisotopic (exact) mass is 394 g/mol. The third kappa shape index (κ3) is 4.82. The molecule has 2 aromatic carbocycles. The summed E-state index contributed by atoms with van der Waals surface area (Å²) >= 11 is 5.80. The van der Waals surface area contributed by atoms with Crippen molar-refractivity contribution in [3.8, 4) is 0 Å². The van der Waals surface area contributed by atoms with E-state index in [1.54, 1.807) is 36.4 Å². The van der Waals surface area contributed by atoms with Crippen LogP contribution in [-0.4, -0.2) is 33.6 Å². The first-order valence-electron chi connectivity index (χ1n) is 8.22. The lowest BCUT2D eigenvalue weighted by Crippen LogP contribution is -2.31. The van der Waals surface area contributed by atoms with Crippen molar-refractivity contribution < 1.29 is 17.9 Å². The molecule has 0 unspecified atom stereocenters. The molecular formula is C18H19ClN2O4S. The number of amides is 1. The number of hydrogen-bond donors (Lipinski definition) is 2. The molecule has 1 fully saturated rings. The molecule has 0 saturated carbocycles. The predicted molar refractivity (Wildman–Crippen MR) is 100 cm³/mol. The van der Waals surface area contributed by atoms with E-state index >= 15 is 0 Å². The summed E-state index contributed by atoms with van der Waals surface area (Å²) < 4.78 is 32.6. The van der Waals surface area contributed by atoms with Gasteiger partial charge in [-0.05, 0) is 61.4 Å². The minimum atomic E-state index is -3.61. The van der Waals surface area contributed by atoms with Gasteiger partial charge in [0.05, 0.1) is 11.0 Å². The maximum Gasteiger partial charge on any atom is 0.255 e. The molecule has 138 valence electrons. The van der Waals surface area contributed by atoms with Crippen LogP contribution in [0.25, 0.3) is 0 Å². The standard InChI is InChI=1S/C18H19ClN2O4S/c19-14-5-3-13(4-6-14)18(22)21-15-7-9-17(10-8-15)26(23,24)20-12-16-2-1-11-25-16/h3-10,16,20H,1-2,11-12H2,(H,21,22)/t16-/m1/s1. The molecule has 1 saturated heterocycles. The van der Waals surface area contributed by atoms with Crippen molar-refractivity contribution in [1.82, 2.24) is 4.72 Å². The normalized spacial score (nSPS) is 17.2. The minimum absolute atomic E-state index is 0.0669. The van der Waals surface area contributed by atoms with E-state index in [1.807, 2.05) is 0 Å². The van der Waals surface area contributed by atoms with Gasteiger partial charge in [-0.1, -0.05) is 11.6 Å². The van der Waals surface area contributed by atoms with Gasteiger partial charge in [-0.25, -0.2) is 13.1 Å². The van der Waals surface area contributed by atoms with Crippen LogP contribution in [0.4, 0.5) is 5.69 Å². The number of anilines is 1. The van der Waals surface area contributed by atoms with E-state index in [4.69, 9.17) is 16.3 Å². The Morgan fingerprint density at radius 3 is 2.42 bits per heavy atom. The van der Waals surface area contributed by atoms with Crippen LogP contribution in [0.2, 0.25) is 5.02 Å². The summed E-state index contributed by atoms with van der Waals surface area (Å²) in [6.45, 7) is 0.936. The molecule has 0 aliphatic carbocycles. The summed E-state index contributed by atoms with van der Waals surface area (Å²) in [7, 11) is -3.61. The summed E-state index contributed by atoms with van der Waals surface area (Å²) in [5.41, 5.74) is 0.965. The first-order valence-corrected chi connectivity index (χ1v) is 10.1. The van der Waals surface area contributed by atoms with Crippen LogP contribution >= 0.6 is 11.6 Å². The smallest absolute Gasteiger partial charge is 0.255 e. The lowest BCUT2D eigenvalue weighted by Gasteiger charge is -2.12. The van der Waals surface area contributed by atoms with Crippen molar-refractivity contribution in [2.45, 2.75) is 23.8 Å². The molecule has 26 heavy (non-hydrogen) atoms. The Morgan fingerprint density at radius 2 is 1.81 bits per heavy atom. The van der Waals surface area contributed by atoms with Crippen molar-refractivity contribution in [1.29, 1.82) is 0 Å². The van der Waals surface area contributed by atoms with Crippen molar-refractivity contribution in [3.63, 3.8) is 0 Å². The summed E-state index contributed by atoms with van der Waals surface area (Å²) in [6.07, 6.45) is 1.75. The number of ether oxygens (including phenoxy) is 1. The van der Waals surface area contributed by atoms with Crippen LogP contribution in [0.15, 0.2) is 53.4 Å². The van der Waals surface area contributed by atoms with Gasteiger partial charge in [0, 0.05) is 29.4 Å². The second kappa shape index (κ2) is 8.18. The second-order valence-corrected chi connectivity index (χ2v) is 8.18. The lowest BCUT2D eigenvalue weighted by atomic mass is 10.2. The molecule has 0 spiro atoms. The highest BCUT2D eigenvalue weighted by atomic mass is 35.5. The third-order valence-electron chi connectivity index (χ3n) is 4.05. The van der Waals surface area contributed by atoms with E-state index in [0.29, 0.717) is 22.9 Å². The zero-order valence-electron chi connectivity index (χ0n) is 13.9. The van der Waals surface area contributed by atoms with Gasteiger partial charge in [-0.2, -0.15) is 0 Å². The fraction of sp³-hybridized carbons (Fsp3) is 0.278. The van der Waals surface area contributed by atoms with Gasteiger partial charge in [-0.3, -0.25) is 4.79 Å². The topological polar surface area (TPSA) is 84.5 Å². The zero-order valence-corrected chi connectivity index (χ0v) is 15.5. The van der Waals surface area contributed by atoms with Crippen molar-refractivity contribution in [2.24, 2.45) is 0 Å². The SMILES string of the molecule is O=C(Nc1ccc(S(=O)(=O)NC[C@H]2CCCO2)cc1)c1ccc(Cl)cc1. The lowest BCUT2D eigenvalue weighted by molar-refractivity contribution is 0.102. The Kier molecular flexibility index (Phi) is 5.93. The maximum absolute atomic E-state index is 12.3. The summed E-state index contributed by atoms with van der Waals surface area (Å²) in [5.74, 6) is -0.297. The average Bonchev–Trinajstić information content (AvgIpc) is 3.15. The van der Waals surface area contributed by atoms with Gasteiger partial charge in [-0.15, -0.1) is 0 Å². The number of carbonyl (C=O) groups is 1. The molecule has 2 aromatic rings. The molecule has 1 amide bonds. The Morgan fingerprint density at radius 1 is 1.12 bits per heavy atom. The molecule has 2 N–H and O–H groups in total. The van der Waals surface area contributed by atoms with E-state index in [2.05, 4.69) is 10.0 Å². The predicted octanol–water partition coefficient (Wildman–Crippen LogP) is 3.05. The zero-order chi connectivity index (χ0) is 18.6. The van der Waals surface area contributed by atoms with Crippen LogP contribution < -0.4 is 10.0 Å². The maximum atomic E-state index is 12.3. The summed E-state index contributed by atoms with van der Waals surface area (Å²) in [4.78, 5) is 12.3. The van der Waals surface area contributed by atoms with Crippen LogP contribution in [0, 0.1) is 0 Å². The first-order chi connectivity index (χ1) is 12.4. The largest absolute Gasteiger partial charge is 0.377 e. The Balaban J connectivity index is 1.61. The van der Waals surface area contributed by atoms with Gasteiger partial charge in [0.15, 0.2) is 0 Å². The number of nitrogens with one attached hydrogen (secondary N) is 2. The highest BCUT2D eigenvalue weighted by molar-refractivity contribution is 7.89. The van der Waals surface area contributed by atoms with Gasteiger partial charge in [0.25, 0.3) is 5.91 Å². The van der Waals surface area contributed by atoms with Gasteiger partial charge in [0.1, 0.15) is 0 Å². The molecular weight excluding hydrogens is 376 g/mol.